The molecule has 0 unspecified atom stereocenters. The minimum absolute atomic E-state index is 0.330. The van der Waals surface area contributed by atoms with Gasteiger partial charge >= 0.3 is 0 Å². The fraction of sp³-hybridized carbons (Fsp3) is 1.00. The first-order valence-corrected chi connectivity index (χ1v) is 9.33. The fourth-order valence-corrected chi connectivity index (χ4v) is 2.48. The van der Waals surface area contributed by atoms with E-state index in [1.807, 2.05) is 34.6 Å². The van der Waals surface area contributed by atoms with Gasteiger partial charge in [-0.05, 0) is 53.9 Å². The highest BCUT2D eigenvalue weighted by molar-refractivity contribution is 4.68. The Hall–Kier alpha value is -0.160. The van der Waals surface area contributed by atoms with Crippen molar-refractivity contribution in [1.82, 2.24) is 0 Å². The zero-order valence-corrected chi connectivity index (χ0v) is 16.8. The maximum absolute atomic E-state index is 5.72. The summed E-state index contributed by atoms with van der Waals surface area (Å²) in [6.07, 6.45) is 8.00. The van der Waals surface area contributed by atoms with Gasteiger partial charge < -0.3 is 0 Å². The summed E-state index contributed by atoms with van der Waals surface area (Å²) in [7, 11) is 0. The molecule has 23 heavy (non-hydrogen) atoms. The molecule has 0 aliphatic carbocycles. The predicted molar refractivity (Wildman–Crippen MR) is 94.9 cm³/mol. The Bertz CT molecular complexity index is 278. The third-order valence-electron chi connectivity index (χ3n) is 3.83. The van der Waals surface area contributed by atoms with Crippen LogP contribution in [0.4, 0.5) is 0 Å². The SMILES string of the molecule is CCCCCC(C)(OOC(C)(C)CCC)OOC(C)(C)CCC. The lowest BCUT2D eigenvalue weighted by Crippen LogP contribution is -2.40. The molecule has 4 heteroatoms. The minimum Gasteiger partial charge on any atom is -0.228 e. The first kappa shape index (κ1) is 22.8. The second-order valence-corrected chi connectivity index (χ2v) is 7.94. The van der Waals surface area contributed by atoms with Crippen molar-refractivity contribution >= 4 is 0 Å². The average molecular weight is 333 g/mol. The summed E-state index contributed by atoms with van der Waals surface area (Å²) in [6.45, 7) is 16.5. The molecule has 0 amide bonds. The Labute approximate surface area is 144 Å². The Kier molecular flexibility index (Phi) is 10.6. The lowest BCUT2D eigenvalue weighted by molar-refractivity contribution is -0.540. The van der Waals surface area contributed by atoms with E-state index in [1.54, 1.807) is 0 Å². The summed E-state index contributed by atoms with van der Waals surface area (Å²) in [6, 6.07) is 0. The van der Waals surface area contributed by atoms with Crippen molar-refractivity contribution in [3.8, 4) is 0 Å². The third kappa shape index (κ3) is 11.1. The van der Waals surface area contributed by atoms with Crippen molar-refractivity contribution < 1.29 is 19.6 Å². The molecule has 0 N–H and O–H groups in total. The average Bonchev–Trinajstić information content (AvgIpc) is 2.44. The molecule has 140 valence electrons. The van der Waals surface area contributed by atoms with Gasteiger partial charge in [-0.1, -0.05) is 46.5 Å². The smallest absolute Gasteiger partial charge is 0.228 e. The molecule has 0 radical (unpaired) electrons. The Morgan fingerprint density at radius 2 is 0.957 bits per heavy atom. The maximum Gasteiger partial charge on any atom is 0.231 e. The van der Waals surface area contributed by atoms with Crippen molar-refractivity contribution in [3.05, 3.63) is 0 Å². The molecular weight excluding hydrogens is 292 g/mol. The van der Waals surface area contributed by atoms with Crippen LogP contribution in [-0.4, -0.2) is 17.0 Å². The van der Waals surface area contributed by atoms with Crippen LogP contribution in [-0.2, 0) is 19.6 Å². The molecule has 4 nitrogen and oxygen atoms in total. The van der Waals surface area contributed by atoms with E-state index in [1.165, 1.54) is 0 Å². The van der Waals surface area contributed by atoms with Crippen molar-refractivity contribution in [2.24, 2.45) is 0 Å². The summed E-state index contributed by atoms with van der Waals surface area (Å²) in [4.78, 5) is 22.8. The van der Waals surface area contributed by atoms with E-state index in [2.05, 4.69) is 20.8 Å². The van der Waals surface area contributed by atoms with Crippen LogP contribution in [0.5, 0.6) is 0 Å². The lowest BCUT2D eigenvalue weighted by Gasteiger charge is -2.34. The van der Waals surface area contributed by atoms with Crippen LogP contribution in [0, 0.1) is 0 Å². The van der Waals surface area contributed by atoms with Gasteiger partial charge in [-0.15, -0.1) is 0 Å². The Morgan fingerprint density at radius 3 is 1.30 bits per heavy atom. The van der Waals surface area contributed by atoms with Crippen molar-refractivity contribution in [3.63, 3.8) is 0 Å². The second-order valence-electron chi connectivity index (χ2n) is 7.94. The Morgan fingerprint density at radius 1 is 0.522 bits per heavy atom. The van der Waals surface area contributed by atoms with Gasteiger partial charge in [0.05, 0.1) is 11.2 Å². The minimum atomic E-state index is -0.884. The van der Waals surface area contributed by atoms with E-state index in [4.69, 9.17) is 19.6 Å². The molecule has 0 saturated heterocycles. The van der Waals surface area contributed by atoms with Gasteiger partial charge in [-0.3, -0.25) is 0 Å². The molecular formula is C19H40O4. The van der Waals surface area contributed by atoms with E-state index < -0.39 is 5.79 Å². The largest absolute Gasteiger partial charge is 0.231 e. The number of rotatable bonds is 14. The zero-order valence-electron chi connectivity index (χ0n) is 16.8. The number of hydrogen-bond acceptors (Lipinski definition) is 4. The van der Waals surface area contributed by atoms with E-state index in [9.17, 15) is 0 Å². The Balaban J connectivity index is 4.68. The first-order valence-electron chi connectivity index (χ1n) is 9.33. The van der Waals surface area contributed by atoms with Crippen LogP contribution in [0.3, 0.4) is 0 Å². The highest BCUT2D eigenvalue weighted by Gasteiger charge is 2.34. The standard InChI is InChI=1S/C19H40O4/c1-9-12-13-16-19(8,22-20-17(4,5)14-10-2)23-21-18(6,7)15-11-3/h9-16H2,1-8H3. The van der Waals surface area contributed by atoms with Gasteiger partial charge in [0.1, 0.15) is 0 Å². The van der Waals surface area contributed by atoms with E-state index in [-0.39, 0.29) is 11.2 Å². The van der Waals surface area contributed by atoms with Gasteiger partial charge in [0.2, 0.25) is 5.79 Å². The van der Waals surface area contributed by atoms with Crippen molar-refractivity contribution in [2.45, 2.75) is 124 Å². The normalized spacial score (nSPS) is 13.6. The van der Waals surface area contributed by atoms with Crippen molar-refractivity contribution in [2.75, 3.05) is 0 Å². The number of unbranched alkanes of at least 4 members (excludes halogenated alkanes) is 2. The van der Waals surface area contributed by atoms with Crippen LogP contribution in [0.15, 0.2) is 0 Å². The zero-order chi connectivity index (χ0) is 18.0. The summed E-state index contributed by atoms with van der Waals surface area (Å²) in [5.74, 6) is -0.884. The van der Waals surface area contributed by atoms with Crippen LogP contribution >= 0.6 is 0 Å². The fourth-order valence-electron chi connectivity index (χ4n) is 2.48. The summed E-state index contributed by atoms with van der Waals surface area (Å²) in [5.41, 5.74) is -0.661. The van der Waals surface area contributed by atoms with Crippen molar-refractivity contribution in [1.29, 1.82) is 0 Å². The van der Waals surface area contributed by atoms with Crippen LogP contribution in [0.25, 0.3) is 0 Å². The molecule has 0 aliphatic heterocycles. The second kappa shape index (κ2) is 10.7. The third-order valence-corrected chi connectivity index (χ3v) is 3.83. The number of hydrogen-bond donors (Lipinski definition) is 0. The molecule has 0 atom stereocenters. The van der Waals surface area contributed by atoms with E-state index in [0.717, 1.165) is 51.4 Å². The van der Waals surface area contributed by atoms with Gasteiger partial charge in [0, 0.05) is 6.42 Å². The first-order chi connectivity index (χ1) is 10.6. The summed E-state index contributed by atoms with van der Waals surface area (Å²) >= 11 is 0. The topological polar surface area (TPSA) is 36.9 Å². The van der Waals surface area contributed by atoms with E-state index in [0.29, 0.717) is 0 Å². The van der Waals surface area contributed by atoms with Crippen LogP contribution in [0.2, 0.25) is 0 Å². The highest BCUT2D eigenvalue weighted by atomic mass is 17.3. The van der Waals surface area contributed by atoms with Crippen LogP contribution < -0.4 is 0 Å². The maximum atomic E-state index is 5.72. The highest BCUT2D eigenvalue weighted by Crippen LogP contribution is 2.29. The molecule has 0 aromatic heterocycles. The molecule has 0 aliphatic rings. The van der Waals surface area contributed by atoms with Gasteiger partial charge in [0.25, 0.3) is 0 Å². The molecule has 0 aromatic carbocycles. The summed E-state index contributed by atoms with van der Waals surface area (Å²) in [5, 5.41) is 0. The van der Waals surface area contributed by atoms with Gasteiger partial charge in [-0.25, -0.2) is 9.78 Å². The molecule has 0 heterocycles. The molecule has 0 bridgehead atoms. The molecule has 0 rings (SSSR count). The quantitative estimate of drug-likeness (QED) is 0.161. The predicted octanol–water partition coefficient (Wildman–Crippen LogP) is 6.34. The molecule has 0 fully saturated rings. The van der Waals surface area contributed by atoms with Gasteiger partial charge in [-0.2, -0.15) is 9.78 Å². The molecule has 0 aromatic rings. The molecule has 0 spiro atoms. The molecule has 0 saturated carbocycles. The van der Waals surface area contributed by atoms with Crippen LogP contribution in [0.1, 0.15) is 107 Å². The lowest BCUT2D eigenvalue weighted by atomic mass is 10.0. The van der Waals surface area contributed by atoms with E-state index >= 15 is 0 Å². The summed E-state index contributed by atoms with van der Waals surface area (Å²) < 4.78 is 0. The monoisotopic (exact) mass is 332 g/mol. The van der Waals surface area contributed by atoms with Gasteiger partial charge in [0.15, 0.2) is 0 Å².